The molecular formula is C22H23N5O. The summed E-state index contributed by atoms with van der Waals surface area (Å²) in [6, 6.07) is 17.8. The fourth-order valence-electron chi connectivity index (χ4n) is 3.49. The molecule has 1 N–H and O–H groups in total. The predicted molar refractivity (Wildman–Crippen MR) is 110 cm³/mol. The summed E-state index contributed by atoms with van der Waals surface area (Å²) in [6.07, 6.45) is 3.52. The molecule has 0 aliphatic carbocycles. The highest BCUT2D eigenvalue weighted by Crippen LogP contribution is 2.24. The van der Waals surface area contributed by atoms with Crippen LogP contribution in [0.15, 0.2) is 60.8 Å². The molecule has 0 spiro atoms. The zero-order valence-electron chi connectivity index (χ0n) is 15.9. The quantitative estimate of drug-likeness (QED) is 0.755. The van der Waals surface area contributed by atoms with E-state index in [0.717, 1.165) is 42.0 Å². The molecule has 0 saturated carbocycles. The maximum Gasteiger partial charge on any atom is 0.230 e. The Hall–Kier alpha value is -3.28. The third-order valence-corrected chi connectivity index (χ3v) is 5.00. The number of amides is 1. The molecule has 1 atom stereocenters. The second-order valence-electron chi connectivity index (χ2n) is 7.14. The smallest absolute Gasteiger partial charge is 0.230 e. The monoisotopic (exact) mass is 373 g/mol. The first-order valence-electron chi connectivity index (χ1n) is 9.57. The van der Waals surface area contributed by atoms with Gasteiger partial charge < -0.3 is 10.2 Å². The highest BCUT2D eigenvalue weighted by molar-refractivity contribution is 5.92. The van der Waals surface area contributed by atoms with Crippen molar-refractivity contribution in [2.75, 3.05) is 23.3 Å². The Morgan fingerprint density at radius 2 is 1.96 bits per heavy atom. The van der Waals surface area contributed by atoms with Crippen molar-refractivity contribution in [1.29, 1.82) is 0 Å². The Labute approximate surface area is 164 Å². The van der Waals surface area contributed by atoms with E-state index in [1.54, 1.807) is 6.20 Å². The lowest BCUT2D eigenvalue weighted by atomic mass is 9.97. The molecule has 142 valence electrons. The Morgan fingerprint density at radius 1 is 1.11 bits per heavy atom. The van der Waals surface area contributed by atoms with Gasteiger partial charge in [0.05, 0.1) is 11.6 Å². The number of aromatic nitrogens is 3. The molecule has 0 radical (unpaired) electrons. The van der Waals surface area contributed by atoms with Crippen LogP contribution in [0.5, 0.6) is 0 Å². The summed E-state index contributed by atoms with van der Waals surface area (Å²) in [4.78, 5) is 19.0. The van der Waals surface area contributed by atoms with E-state index in [1.165, 1.54) is 0 Å². The molecule has 28 heavy (non-hydrogen) atoms. The van der Waals surface area contributed by atoms with Gasteiger partial charge in [-0.05, 0) is 49.6 Å². The zero-order chi connectivity index (χ0) is 19.3. The number of benzene rings is 1. The van der Waals surface area contributed by atoms with Crippen molar-refractivity contribution in [1.82, 2.24) is 15.2 Å². The Morgan fingerprint density at radius 3 is 2.71 bits per heavy atom. The average Bonchev–Trinajstić information content (AvgIpc) is 2.75. The van der Waals surface area contributed by atoms with Crippen LogP contribution in [-0.4, -0.2) is 34.2 Å². The summed E-state index contributed by atoms with van der Waals surface area (Å²) >= 11 is 0. The molecule has 6 heteroatoms. The second-order valence-corrected chi connectivity index (χ2v) is 7.14. The third-order valence-electron chi connectivity index (χ3n) is 5.00. The van der Waals surface area contributed by atoms with Crippen molar-refractivity contribution >= 4 is 17.5 Å². The first-order chi connectivity index (χ1) is 13.7. The second kappa shape index (κ2) is 8.17. The molecule has 1 aliphatic rings. The molecule has 4 rings (SSSR count). The summed E-state index contributed by atoms with van der Waals surface area (Å²) in [7, 11) is 0. The van der Waals surface area contributed by atoms with Crippen LogP contribution in [0.25, 0.3) is 11.3 Å². The normalized spacial score (nSPS) is 16.6. The summed E-state index contributed by atoms with van der Waals surface area (Å²) in [6.45, 7) is 3.50. The van der Waals surface area contributed by atoms with Crippen LogP contribution >= 0.6 is 0 Å². The molecule has 3 aromatic rings. The van der Waals surface area contributed by atoms with E-state index in [0.29, 0.717) is 12.4 Å². The number of piperidine rings is 1. The van der Waals surface area contributed by atoms with E-state index < -0.39 is 0 Å². The third kappa shape index (κ3) is 4.17. The first-order valence-corrected chi connectivity index (χ1v) is 9.57. The Balaban J connectivity index is 1.42. The van der Waals surface area contributed by atoms with Gasteiger partial charge in [0, 0.05) is 24.8 Å². The Bertz CT molecular complexity index is 943. The lowest BCUT2D eigenvalue weighted by Gasteiger charge is -2.32. The summed E-state index contributed by atoms with van der Waals surface area (Å²) in [5.74, 6) is 1.34. The van der Waals surface area contributed by atoms with Crippen molar-refractivity contribution in [3.05, 3.63) is 66.4 Å². The minimum Gasteiger partial charge on any atom is -0.354 e. The number of aryl methyl sites for hydroxylation is 1. The maximum atomic E-state index is 12.7. The molecule has 1 saturated heterocycles. The summed E-state index contributed by atoms with van der Waals surface area (Å²) in [5.41, 5.74) is 2.97. The van der Waals surface area contributed by atoms with Gasteiger partial charge in [0.2, 0.25) is 5.91 Å². The van der Waals surface area contributed by atoms with Crippen LogP contribution in [0, 0.1) is 12.8 Å². The maximum absolute atomic E-state index is 12.7. The Kier molecular flexibility index (Phi) is 5.28. The molecule has 1 amide bonds. The van der Waals surface area contributed by atoms with E-state index in [1.807, 2.05) is 61.5 Å². The number of hydrogen-bond donors (Lipinski definition) is 1. The molecule has 0 bridgehead atoms. The van der Waals surface area contributed by atoms with Gasteiger partial charge in [-0.25, -0.2) is 4.98 Å². The summed E-state index contributed by atoms with van der Waals surface area (Å²) < 4.78 is 0. The molecule has 6 nitrogen and oxygen atoms in total. The fraction of sp³-hybridized carbons (Fsp3) is 0.273. The number of pyridine rings is 1. The number of nitrogens with zero attached hydrogens (tertiary/aromatic N) is 4. The van der Waals surface area contributed by atoms with Gasteiger partial charge in [-0.15, -0.1) is 10.2 Å². The van der Waals surface area contributed by atoms with E-state index >= 15 is 0 Å². The van der Waals surface area contributed by atoms with Crippen molar-refractivity contribution in [3.63, 3.8) is 0 Å². The van der Waals surface area contributed by atoms with Gasteiger partial charge in [0.1, 0.15) is 5.82 Å². The van der Waals surface area contributed by atoms with Crippen molar-refractivity contribution < 1.29 is 4.79 Å². The van der Waals surface area contributed by atoms with Crippen LogP contribution in [-0.2, 0) is 4.79 Å². The van der Waals surface area contributed by atoms with E-state index in [2.05, 4.69) is 25.4 Å². The molecule has 1 aromatic carbocycles. The van der Waals surface area contributed by atoms with Crippen molar-refractivity contribution in [2.24, 2.45) is 5.92 Å². The summed E-state index contributed by atoms with van der Waals surface area (Å²) in [5, 5.41) is 11.7. The van der Waals surface area contributed by atoms with Crippen LogP contribution in [0.3, 0.4) is 0 Å². The molecule has 1 aliphatic heterocycles. The van der Waals surface area contributed by atoms with Gasteiger partial charge in [0.15, 0.2) is 5.82 Å². The highest BCUT2D eigenvalue weighted by atomic mass is 16.2. The minimum absolute atomic E-state index is 0.0108. The van der Waals surface area contributed by atoms with Gasteiger partial charge in [0.25, 0.3) is 0 Å². The largest absolute Gasteiger partial charge is 0.354 e. The van der Waals surface area contributed by atoms with E-state index in [-0.39, 0.29) is 11.8 Å². The number of anilines is 2. The molecular weight excluding hydrogens is 350 g/mol. The van der Waals surface area contributed by atoms with Crippen LogP contribution in [0.4, 0.5) is 11.6 Å². The number of hydrogen-bond acceptors (Lipinski definition) is 5. The highest BCUT2D eigenvalue weighted by Gasteiger charge is 2.27. The number of carbonyl (C=O) groups is 1. The number of nitrogens with one attached hydrogen (secondary N) is 1. The van der Waals surface area contributed by atoms with Crippen molar-refractivity contribution in [2.45, 2.75) is 19.8 Å². The van der Waals surface area contributed by atoms with Gasteiger partial charge >= 0.3 is 0 Å². The van der Waals surface area contributed by atoms with Gasteiger partial charge in [-0.3, -0.25) is 4.79 Å². The molecule has 1 fully saturated rings. The topological polar surface area (TPSA) is 71.0 Å². The lowest BCUT2D eigenvalue weighted by molar-refractivity contribution is -0.120. The minimum atomic E-state index is -0.0911. The number of rotatable bonds is 4. The SMILES string of the molecule is Cc1ccnc(NC(=O)C2CCCN(c3ccc(-c4ccccc4)nn3)C2)c1. The molecule has 3 heterocycles. The van der Waals surface area contributed by atoms with E-state index in [4.69, 9.17) is 0 Å². The van der Waals surface area contributed by atoms with Crippen molar-refractivity contribution in [3.8, 4) is 11.3 Å². The zero-order valence-corrected chi connectivity index (χ0v) is 15.9. The van der Waals surface area contributed by atoms with Gasteiger partial charge in [-0.1, -0.05) is 30.3 Å². The molecule has 1 unspecified atom stereocenters. The standard InChI is InChI=1S/C22H23N5O/c1-16-11-12-23-20(14-16)24-22(28)18-8-5-13-27(15-18)21-10-9-19(25-26-21)17-6-3-2-4-7-17/h2-4,6-7,9-12,14,18H,5,8,13,15H2,1H3,(H,23,24,28). The average molecular weight is 373 g/mol. The van der Waals surface area contributed by atoms with Crippen LogP contribution in [0.1, 0.15) is 18.4 Å². The van der Waals surface area contributed by atoms with E-state index in [9.17, 15) is 4.79 Å². The fourth-order valence-corrected chi connectivity index (χ4v) is 3.49. The molecule has 2 aromatic heterocycles. The first kappa shape index (κ1) is 18.1. The van der Waals surface area contributed by atoms with Gasteiger partial charge in [-0.2, -0.15) is 0 Å². The van der Waals surface area contributed by atoms with Crippen LogP contribution in [0.2, 0.25) is 0 Å². The number of carbonyl (C=O) groups excluding carboxylic acids is 1. The van der Waals surface area contributed by atoms with Crippen LogP contribution < -0.4 is 10.2 Å². The lowest BCUT2D eigenvalue weighted by Crippen LogP contribution is -2.41. The predicted octanol–water partition coefficient (Wildman–Crippen LogP) is 3.70.